The molecule has 4 rings (SSSR count). The predicted octanol–water partition coefficient (Wildman–Crippen LogP) is 2.40. The normalized spacial score (nSPS) is 16.7. The molecule has 2 aliphatic rings. The fourth-order valence-corrected chi connectivity index (χ4v) is 4.33. The van der Waals surface area contributed by atoms with E-state index in [4.69, 9.17) is 4.74 Å². The zero-order valence-electron chi connectivity index (χ0n) is 17.7. The smallest absolute Gasteiger partial charge is 0.263 e. The van der Waals surface area contributed by atoms with E-state index in [1.807, 2.05) is 4.90 Å². The van der Waals surface area contributed by atoms with Gasteiger partial charge in [-0.15, -0.1) is 0 Å². The van der Waals surface area contributed by atoms with Gasteiger partial charge in [0, 0.05) is 51.2 Å². The number of hydrogen-bond donors (Lipinski definition) is 1. The molecule has 31 heavy (non-hydrogen) atoms. The van der Waals surface area contributed by atoms with E-state index in [0.29, 0.717) is 49.5 Å². The van der Waals surface area contributed by atoms with Crippen molar-refractivity contribution in [2.75, 3.05) is 25.1 Å². The highest BCUT2D eigenvalue weighted by Crippen LogP contribution is 2.25. The van der Waals surface area contributed by atoms with Crippen molar-refractivity contribution in [3.8, 4) is 0 Å². The van der Waals surface area contributed by atoms with E-state index >= 15 is 0 Å². The number of hydrogen-bond acceptors (Lipinski definition) is 4. The topological polar surface area (TPSA) is 80.6 Å². The molecular weight excluding hydrogens is 401 g/mol. The average Bonchev–Trinajstić information content (AvgIpc) is 2.77. The molecule has 0 spiro atoms. The van der Waals surface area contributed by atoms with Crippen LogP contribution in [0.1, 0.15) is 39.9 Å². The van der Waals surface area contributed by atoms with Gasteiger partial charge >= 0.3 is 0 Å². The summed E-state index contributed by atoms with van der Waals surface area (Å²) >= 11 is 0. The molecule has 0 bridgehead atoms. The lowest BCUT2D eigenvalue weighted by Gasteiger charge is -2.33. The first kappa shape index (κ1) is 21.2. The van der Waals surface area contributed by atoms with Crippen LogP contribution in [0, 0.1) is 18.7 Å². The molecule has 2 amide bonds. The highest BCUT2D eigenvalue weighted by Gasteiger charge is 2.31. The molecule has 0 radical (unpaired) electrons. The van der Waals surface area contributed by atoms with Gasteiger partial charge < -0.3 is 19.5 Å². The summed E-state index contributed by atoms with van der Waals surface area (Å²) in [7, 11) is 1.60. The third-order valence-corrected chi connectivity index (χ3v) is 6.09. The zero-order chi connectivity index (χ0) is 22.1. The maximum atomic E-state index is 13.5. The number of amides is 2. The summed E-state index contributed by atoms with van der Waals surface area (Å²) < 4.78 is 20.3. The summed E-state index contributed by atoms with van der Waals surface area (Å²) in [6.45, 7) is 3.64. The number of rotatable bonds is 3. The van der Waals surface area contributed by atoms with Crippen molar-refractivity contribution in [2.24, 2.45) is 13.0 Å². The fourth-order valence-electron chi connectivity index (χ4n) is 4.33. The highest BCUT2D eigenvalue weighted by atomic mass is 19.1. The molecule has 1 N–H and O–H groups in total. The molecule has 3 heterocycles. The SMILES string of the molecule is Cc1cc(NC(=O)c2c3c(cn(C)c2=O)CN(C(=O)C2CCOCC2)CC3)ccc1F. The van der Waals surface area contributed by atoms with Gasteiger partial charge in [0.05, 0.1) is 0 Å². The molecular formula is C23H26FN3O4. The molecule has 0 atom stereocenters. The van der Waals surface area contributed by atoms with Gasteiger partial charge in [-0.1, -0.05) is 0 Å². The number of nitrogens with one attached hydrogen (secondary N) is 1. The van der Waals surface area contributed by atoms with E-state index in [1.165, 1.54) is 22.8 Å². The van der Waals surface area contributed by atoms with E-state index in [1.54, 1.807) is 20.2 Å². The number of halogens is 1. The van der Waals surface area contributed by atoms with E-state index < -0.39 is 5.91 Å². The summed E-state index contributed by atoms with van der Waals surface area (Å²) in [4.78, 5) is 40.5. The fraction of sp³-hybridized carbons (Fsp3) is 0.435. The van der Waals surface area contributed by atoms with Crippen LogP contribution in [0.3, 0.4) is 0 Å². The zero-order valence-corrected chi connectivity index (χ0v) is 17.7. The Morgan fingerprint density at radius 1 is 1.23 bits per heavy atom. The monoisotopic (exact) mass is 427 g/mol. The number of ether oxygens (including phenoxy) is 1. The first-order valence-corrected chi connectivity index (χ1v) is 10.5. The van der Waals surface area contributed by atoms with E-state index in [9.17, 15) is 18.8 Å². The lowest BCUT2D eigenvalue weighted by molar-refractivity contribution is -0.139. The largest absolute Gasteiger partial charge is 0.381 e. The Morgan fingerprint density at radius 2 is 1.97 bits per heavy atom. The van der Waals surface area contributed by atoms with Crippen LogP contribution in [0.2, 0.25) is 0 Å². The first-order chi connectivity index (χ1) is 14.8. The molecule has 1 aromatic heterocycles. The Bertz CT molecular complexity index is 1090. The molecule has 1 saturated heterocycles. The molecule has 164 valence electrons. The van der Waals surface area contributed by atoms with Gasteiger partial charge in [0.25, 0.3) is 11.5 Å². The number of benzene rings is 1. The number of nitrogens with zero attached hydrogens (tertiary/aromatic N) is 2. The van der Waals surface area contributed by atoms with E-state index in [-0.39, 0.29) is 28.8 Å². The molecule has 8 heteroatoms. The van der Waals surface area contributed by atoms with Crippen LogP contribution in [0.15, 0.2) is 29.2 Å². The first-order valence-electron chi connectivity index (χ1n) is 10.5. The van der Waals surface area contributed by atoms with Gasteiger partial charge in [0.2, 0.25) is 5.91 Å². The number of aryl methyl sites for hydroxylation is 2. The minimum Gasteiger partial charge on any atom is -0.381 e. The molecule has 2 aliphatic heterocycles. The van der Waals surface area contributed by atoms with Crippen molar-refractivity contribution in [1.82, 2.24) is 9.47 Å². The second-order valence-corrected chi connectivity index (χ2v) is 8.24. The van der Waals surface area contributed by atoms with Crippen molar-refractivity contribution >= 4 is 17.5 Å². The Kier molecular flexibility index (Phi) is 5.91. The lowest BCUT2D eigenvalue weighted by atomic mass is 9.93. The third-order valence-electron chi connectivity index (χ3n) is 6.09. The van der Waals surface area contributed by atoms with Crippen LogP contribution in [-0.2, 0) is 29.5 Å². The van der Waals surface area contributed by atoms with Crippen molar-refractivity contribution < 1.29 is 18.7 Å². The van der Waals surface area contributed by atoms with Gasteiger partial charge in [-0.25, -0.2) is 4.39 Å². The van der Waals surface area contributed by atoms with Gasteiger partial charge in [0.15, 0.2) is 0 Å². The number of fused-ring (bicyclic) bond motifs is 1. The van der Waals surface area contributed by atoms with Crippen LogP contribution in [0.5, 0.6) is 0 Å². The van der Waals surface area contributed by atoms with Crippen molar-refractivity contribution in [3.63, 3.8) is 0 Å². The summed E-state index contributed by atoms with van der Waals surface area (Å²) in [5.41, 5.74) is 2.00. The number of carbonyl (C=O) groups is 2. The third kappa shape index (κ3) is 4.25. The molecule has 0 unspecified atom stereocenters. The summed E-state index contributed by atoms with van der Waals surface area (Å²) in [6.07, 6.45) is 3.59. The van der Waals surface area contributed by atoms with Crippen molar-refractivity contribution in [2.45, 2.75) is 32.7 Å². The minimum atomic E-state index is -0.521. The van der Waals surface area contributed by atoms with Crippen molar-refractivity contribution in [3.05, 3.63) is 62.8 Å². The standard InChI is InChI=1S/C23H26FN3O4/c1-14-11-17(3-4-19(14)24)25-21(28)20-18-5-8-27(13-16(18)12-26(2)23(20)30)22(29)15-6-9-31-10-7-15/h3-4,11-12,15H,5-10,13H2,1-2H3,(H,25,28). The highest BCUT2D eigenvalue weighted by molar-refractivity contribution is 6.05. The Balaban J connectivity index is 1.60. The number of aromatic nitrogens is 1. The summed E-state index contributed by atoms with van der Waals surface area (Å²) in [5.74, 6) is -0.809. The van der Waals surface area contributed by atoms with E-state index in [2.05, 4.69) is 5.32 Å². The van der Waals surface area contributed by atoms with Gasteiger partial charge in [-0.05, 0) is 61.1 Å². The maximum absolute atomic E-state index is 13.5. The number of pyridine rings is 1. The summed E-state index contributed by atoms with van der Waals surface area (Å²) in [6, 6.07) is 4.28. The van der Waals surface area contributed by atoms with Gasteiger partial charge in [0.1, 0.15) is 11.4 Å². The number of anilines is 1. The summed E-state index contributed by atoms with van der Waals surface area (Å²) in [5, 5.41) is 2.72. The Morgan fingerprint density at radius 3 is 2.68 bits per heavy atom. The molecule has 0 aliphatic carbocycles. The predicted molar refractivity (Wildman–Crippen MR) is 113 cm³/mol. The molecule has 1 fully saturated rings. The van der Waals surface area contributed by atoms with Crippen LogP contribution < -0.4 is 10.9 Å². The second-order valence-electron chi connectivity index (χ2n) is 8.24. The number of carbonyl (C=O) groups excluding carboxylic acids is 2. The Labute approximate surface area is 179 Å². The molecule has 7 nitrogen and oxygen atoms in total. The average molecular weight is 427 g/mol. The maximum Gasteiger partial charge on any atom is 0.263 e. The van der Waals surface area contributed by atoms with Crippen LogP contribution >= 0.6 is 0 Å². The van der Waals surface area contributed by atoms with E-state index in [0.717, 1.165) is 18.4 Å². The van der Waals surface area contributed by atoms with Crippen LogP contribution in [-0.4, -0.2) is 41.0 Å². The van der Waals surface area contributed by atoms with Gasteiger partial charge in [-0.2, -0.15) is 0 Å². The molecule has 0 saturated carbocycles. The second kappa shape index (κ2) is 8.63. The Hall–Kier alpha value is -3.00. The lowest BCUT2D eigenvalue weighted by Crippen LogP contribution is -2.43. The molecule has 1 aromatic carbocycles. The van der Waals surface area contributed by atoms with Crippen LogP contribution in [0.25, 0.3) is 0 Å². The van der Waals surface area contributed by atoms with Gasteiger partial charge in [-0.3, -0.25) is 14.4 Å². The quantitative estimate of drug-likeness (QED) is 0.816. The minimum absolute atomic E-state index is 0.0349. The molecule has 2 aromatic rings. The van der Waals surface area contributed by atoms with Crippen molar-refractivity contribution in [1.29, 1.82) is 0 Å². The van der Waals surface area contributed by atoms with Crippen LogP contribution in [0.4, 0.5) is 10.1 Å².